The van der Waals surface area contributed by atoms with Crippen molar-refractivity contribution in [2.24, 2.45) is 10.1 Å². The van der Waals surface area contributed by atoms with Crippen LogP contribution in [0.5, 0.6) is 0 Å². The Bertz CT molecular complexity index is 1160. The summed E-state index contributed by atoms with van der Waals surface area (Å²) in [7, 11) is 0. The van der Waals surface area contributed by atoms with Crippen LogP contribution in [0.4, 0.5) is 4.79 Å². The molecule has 2 aromatic rings. The second-order valence-electron chi connectivity index (χ2n) is 10.4. The first kappa shape index (κ1) is 22.4. The summed E-state index contributed by atoms with van der Waals surface area (Å²) in [5, 5.41) is 9.98. The van der Waals surface area contributed by atoms with Gasteiger partial charge >= 0.3 is 6.09 Å². The van der Waals surface area contributed by atoms with E-state index >= 15 is 0 Å². The molecule has 2 aliphatic heterocycles. The average Bonchev–Trinajstić information content (AvgIpc) is 3.14. The fraction of sp³-hybridized carbons (Fsp3) is 0.393. The first-order valence-electron chi connectivity index (χ1n) is 12.0. The van der Waals surface area contributed by atoms with Crippen molar-refractivity contribution >= 4 is 17.6 Å². The van der Waals surface area contributed by atoms with Gasteiger partial charge in [-0.15, -0.1) is 0 Å². The lowest BCUT2D eigenvalue weighted by Crippen LogP contribution is -2.52. The first-order chi connectivity index (χ1) is 16.2. The predicted octanol–water partition coefficient (Wildman–Crippen LogP) is 6.03. The minimum atomic E-state index is -0.519. The van der Waals surface area contributed by atoms with Crippen molar-refractivity contribution in [3.8, 4) is 0 Å². The number of carbonyl (C=O) groups is 1. The molecule has 5 rings (SSSR count). The number of hydrogen-bond donors (Lipinski definition) is 1. The normalized spacial score (nSPS) is 22.9. The number of amides is 1. The van der Waals surface area contributed by atoms with Crippen LogP contribution in [0.25, 0.3) is 0 Å². The van der Waals surface area contributed by atoms with Gasteiger partial charge in [0.1, 0.15) is 23.5 Å². The fourth-order valence-corrected chi connectivity index (χ4v) is 4.92. The molecule has 6 heteroatoms. The SMILES string of the molecule is CC1=NN2C(=NC(c3ccc(C4(NC(=O)OC(C)(C)C)CCC4)cc3)C2c2ccccc2)C=C1. The van der Waals surface area contributed by atoms with Gasteiger partial charge in [0.05, 0.1) is 11.3 Å². The maximum atomic E-state index is 12.5. The van der Waals surface area contributed by atoms with Crippen molar-refractivity contribution < 1.29 is 9.53 Å². The van der Waals surface area contributed by atoms with E-state index in [9.17, 15) is 4.79 Å². The standard InChI is InChI=1S/C28H32N4O2/c1-19-11-16-23-29-24(25(32(23)31-19)21-9-6-5-7-10-21)20-12-14-22(15-13-20)28(17-8-18-28)30-26(33)34-27(2,3)4/h5-7,9-16,24-25H,8,17-18H2,1-4H3,(H,30,33). The molecule has 2 aromatic carbocycles. The lowest BCUT2D eigenvalue weighted by molar-refractivity contribution is 0.0377. The zero-order valence-corrected chi connectivity index (χ0v) is 20.3. The Hall–Kier alpha value is -3.41. The number of nitrogens with one attached hydrogen (secondary N) is 1. The number of fused-ring (bicyclic) bond motifs is 1. The van der Waals surface area contributed by atoms with E-state index in [0.717, 1.165) is 41.9 Å². The maximum absolute atomic E-state index is 12.5. The van der Waals surface area contributed by atoms with Gasteiger partial charge in [0.25, 0.3) is 0 Å². The van der Waals surface area contributed by atoms with Gasteiger partial charge < -0.3 is 10.1 Å². The zero-order chi connectivity index (χ0) is 23.9. The molecule has 0 radical (unpaired) electrons. The van der Waals surface area contributed by atoms with E-state index < -0.39 is 5.60 Å². The largest absolute Gasteiger partial charge is 0.444 e. The highest BCUT2D eigenvalue weighted by molar-refractivity contribution is 6.06. The molecule has 3 aliphatic rings. The van der Waals surface area contributed by atoms with Crippen LogP contribution in [0.15, 0.2) is 76.8 Å². The van der Waals surface area contributed by atoms with Crippen molar-refractivity contribution in [2.75, 3.05) is 0 Å². The quantitative estimate of drug-likeness (QED) is 0.611. The van der Waals surface area contributed by atoms with Crippen LogP contribution in [-0.2, 0) is 10.3 Å². The maximum Gasteiger partial charge on any atom is 0.408 e. The molecule has 0 spiro atoms. The number of alkyl carbamates (subject to hydrolysis) is 1. The predicted molar refractivity (Wildman–Crippen MR) is 135 cm³/mol. The molecular weight excluding hydrogens is 424 g/mol. The molecule has 2 atom stereocenters. The molecule has 1 saturated carbocycles. The zero-order valence-electron chi connectivity index (χ0n) is 20.3. The summed E-state index contributed by atoms with van der Waals surface area (Å²) in [6, 6.07) is 18.9. The Morgan fingerprint density at radius 3 is 2.35 bits per heavy atom. The molecule has 1 amide bonds. The second kappa shape index (κ2) is 8.42. The molecule has 1 fully saturated rings. The van der Waals surface area contributed by atoms with E-state index in [2.05, 4.69) is 53.8 Å². The van der Waals surface area contributed by atoms with Crippen LogP contribution in [0.2, 0.25) is 0 Å². The number of carbonyl (C=O) groups excluding carboxylic acids is 1. The van der Waals surface area contributed by atoms with Gasteiger partial charge in [0.15, 0.2) is 0 Å². The number of ether oxygens (including phenoxy) is 1. The molecule has 176 valence electrons. The highest BCUT2D eigenvalue weighted by Gasteiger charge is 2.42. The van der Waals surface area contributed by atoms with Crippen molar-refractivity contribution in [3.63, 3.8) is 0 Å². The fourth-order valence-electron chi connectivity index (χ4n) is 4.92. The van der Waals surface area contributed by atoms with Crippen molar-refractivity contribution in [1.29, 1.82) is 0 Å². The molecule has 0 bridgehead atoms. The number of aliphatic imine (C=N–C) groups is 1. The number of rotatable bonds is 4. The summed E-state index contributed by atoms with van der Waals surface area (Å²) < 4.78 is 5.53. The van der Waals surface area contributed by atoms with E-state index in [1.165, 1.54) is 5.56 Å². The molecule has 2 unspecified atom stereocenters. The highest BCUT2D eigenvalue weighted by Crippen LogP contribution is 2.45. The molecule has 0 saturated heterocycles. The molecule has 1 aliphatic carbocycles. The van der Waals surface area contributed by atoms with Crippen LogP contribution >= 0.6 is 0 Å². The number of amidine groups is 1. The molecule has 2 heterocycles. The summed E-state index contributed by atoms with van der Waals surface area (Å²) in [5.41, 5.74) is 3.52. The van der Waals surface area contributed by atoms with Crippen molar-refractivity contribution in [3.05, 3.63) is 83.4 Å². The van der Waals surface area contributed by atoms with Crippen LogP contribution in [0.1, 0.15) is 75.7 Å². The van der Waals surface area contributed by atoms with Gasteiger partial charge in [-0.1, -0.05) is 54.6 Å². The Kier molecular flexibility index (Phi) is 5.54. The smallest absolute Gasteiger partial charge is 0.408 e. The lowest BCUT2D eigenvalue weighted by Gasteiger charge is -2.43. The topological polar surface area (TPSA) is 66.3 Å². The Balaban J connectivity index is 1.42. The third-order valence-electron chi connectivity index (χ3n) is 6.70. The summed E-state index contributed by atoms with van der Waals surface area (Å²) in [6.07, 6.45) is 6.60. The van der Waals surface area contributed by atoms with Crippen LogP contribution in [0, 0.1) is 0 Å². The monoisotopic (exact) mass is 456 g/mol. The molecule has 0 aromatic heterocycles. The number of hydrogen-bond acceptors (Lipinski definition) is 5. The van der Waals surface area contributed by atoms with E-state index in [4.69, 9.17) is 14.8 Å². The van der Waals surface area contributed by atoms with Gasteiger partial charge in [0, 0.05) is 0 Å². The summed E-state index contributed by atoms with van der Waals surface area (Å²) in [5.74, 6) is 0.885. The molecule has 1 N–H and O–H groups in total. The van der Waals surface area contributed by atoms with Gasteiger partial charge in [-0.05, 0) is 75.8 Å². The van der Waals surface area contributed by atoms with Crippen molar-refractivity contribution in [2.45, 2.75) is 70.2 Å². The first-order valence-corrected chi connectivity index (χ1v) is 12.0. The Morgan fingerprint density at radius 2 is 1.74 bits per heavy atom. The Labute approximate surface area is 201 Å². The van der Waals surface area contributed by atoms with E-state index in [0.29, 0.717) is 0 Å². The number of allylic oxidation sites excluding steroid dienone is 1. The molecular formula is C28H32N4O2. The third-order valence-corrected chi connectivity index (χ3v) is 6.70. The van der Waals surface area contributed by atoms with Crippen LogP contribution < -0.4 is 5.32 Å². The minimum absolute atomic E-state index is 0.000462. The number of benzene rings is 2. The number of hydrazone groups is 1. The van der Waals surface area contributed by atoms with E-state index in [-0.39, 0.29) is 23.7 Å². The van der Waals surface area contributed by atoms with Gasteiger partial charge in [0.2, 0.25) is 0 Å². The molecule has 34 heavy (non-hydrogen) atoms. The van der Waals surface area contributed by atoms with E-state index in [1.54, 1.807) is 0 Å². The number of nitrogens with zero attached hydrogens (tertiary/aromatic N) is 3. The Morgan fingerprint density at radius 1 is 1.03 bits per heavy atom. The average molecular weight is 457 g/mol. The van der Waals surface area contributed by atoms with E-state index in [1.807, 2.05) is 50.9 Å². The lowest BCUT2D eigenvalue weighted by atomic mass is 9.71. The summed E-state index contributed by atoms with van der Waals surface area (Å²) >= 11 is 0. The van der Waals surface area contributed by atoms with Gasteiger partial charge in [-0.25, -0.2) is 9.80 Å². The second-order valence-corrected chi connectivity index (χ2v) is 10.4. The van der Waals surface area contributed by atoms with Gasteiger partial charge in [-0.3, -0.25) is 4.99 Å². The van der Waals surface area contributed by atoms with Crippen molar-refractivity contribution in [1.82, 2.24) is 10.3 Å². The highest BCUT2D eigenvalue weighted by atomic mass is 16.6. The molecule has 6 nitrogen and oxygen atoms in total. The van der Waals surface area contributed by atoms with Crippen LogP contribution in [-0.4, -0.2) is 28.3 Å². The summed E-state index contributed by atoms with van der Waals surface area (Å²) in [6.45, 7) is 7.66. The third kappa shape index (κ3) is 4.25. The van der Waals surface area contributed by atoms with Crippen LogP contribution in [0.3, 0.4) is 0 Å². The minimum Gasteiger partial charge on any atom is -0.444 e. The van der Waals surface area contributed by atoms with Gasteiger partial charge in [-0.2, -0.15) is 5.10 Å². The summed E-state index contributed by atoms with van der Waals surface area (Å²) in [4.78, 5) is 17.6.